The maximum atomic E-state index is 5.55. The molecule has 0 aliphatic carbocycles. The van der Waals surface area contributed by atoms with Crippen LogP contribution in [0, 0.1) is 5.92 Å². The summed E-state index contributed by atoms with van der Waals surface area (Å²) < 4.78 is 7.49. The molecule has 0 radical (unpaired) electrons. The Morgan fingerprint density at radius 2 is 2.30 bits per heavy atom. The monoisotopic (exact) mass is 281 g/mol. The number of aromatic nitrogens is 3. The Balaban J connectivity index is 1.76. The van der Waals surface area contributed by atoms with Crippen molar-refractivity contribution >= 4 is 0 Å². The van der Waals surface area contributed by atoms with Crippen molar-refractivity contribution in [2.24, 2.45) is 5.92 Å². The lowest BCUT2D eigenvalue weighted by Gasteiger charge is -2.36. The molecule has 6 nitrogen and oxygen atoms in total. The fourth-order valence-corrected chi connectivity index (χ4v) is 2.63. The summed E-state index contributed by atoms with van der Waals surface area (Å²) in [4.78, 5) is 2.46. The van der Waals surface area contributed by atoms with Gasteiger partial charge in [-0.05, 0) is 25.4 Å². The van der Waals surface area contributed by atoms with E-state index >= 15 is 0 Å². The van der Waals surface area contributed by atoms with Crippen LogP contribution in [0.25, 0.3) is 0 Å². The second-order valence-corrected chi connectivity index (χ2v) is 5.59. The van der Waals surface area contributed by atoms with Gasteiger partial charge in [-0.2, -0.15) is 0 Å². The molecule has 0 saturated carbocycles. The smallest absolute Gasteiger partial charge is 0.0964 e. The summed E-state index contributed by atoms with van der Waals surface area (Å²) >= 11 is 0. The molecule has 114 valence electrons. The predicted octanol–water partition coefficient (Wildman–Crippen LogP) is 0.744. The van der Waals surface area contributed by atoms with E-state index in [9.17, 15) is 0 Å². The van der Waals surface area contributed by atoms with E-state index in [-0.39, 0.29) is 0 Å². The third-order valence-corrected chi connectivity index (χ3v) is 4.06. The van der Waals surface area contributed by atoms with Gasteiger partial charge in [-0.1, -0.05) is 19.1 Å². The highest BCUT2D eigenvalue weighted by atomic mass is 16.5. The van der Waals surface area contributed by atoms with Gasteiger partial charge in [0, 0.05) is 32.9 Å². The van der Waals surface area contributed by atoms with Crippen LogP contribution in [0.5, 0.6) is 0 Å². The van der Waals surface area contributed by atoms with Crippen LogP contribution in [0.2, 0.25) is 0 Å². The lowest BCUT2D eigenvalue weighted by Crippen LogP contribution is -2.44. The van der Waals surface area contributed by atoms with Crippen LogP contribution in [0.3, 0.4) is 0 Å². The van der Waals surface area contributed by atoms with Crippen molar-refractivity contribution in [2.75, 3.05) is 33.3 Å². The van der Waals surface area contributed by atoms with Gasteiger partial charge in [0.1, 0.15) is 0 Å². The van der Waals surface area contributed by atoms with Gasteiger partial charge in [0.25, 0.3) is 0 Å². The van der Waals surface area contributed by atoms with Crippen LogP contribution in [0.1, 0.15) is 26.0 Å². The summed E-state index contributed by atoms with van der Waals surface area (Å²) in [5.74, 6) is 0.661. The maximum absolute atomic E-state index is 5.55. The van der Waals surface area contributed by atoms with Gasteiger partial charge >= 0.3 is 0 Å². The van der Waals surface area contributed by atoms with Crippen LogP contribution < -0.4 is 5.32 Å². The van der Waals surface area contributed by atoms with E-state index in [1.807, 2.05) is 18.0 Å². The number of likely N-dealkylation sites (tertiary alicyclic amines) is 1. The normalized spacial score (nSPS) is 24.1. The summed E-state index contributed by atoms with van der Waals surface area (Å²) in [6.07, 6.45) is 3.61. The second kappa shape index (κ2) is 7.71. The fourth-order valence-electron chi connectivity index (χ4n) is 2.63. The van der Waals surface area contributed by atoms with E-state index in [1.165, 1.54) is 6.42 Å². The Kier molecular flexibility index (Phi) is 5.94. The molecule has 1 N–H and O–H groups in total. The Morgan fingerprint density at radius 1 is 1.45 bits per heavy atom. The van der Waals surface area contributed by atoms with Crippen molar-refractivity contribution in [1.82, 2.24) is 25.2 Å². The van der Waals surface area contributed by atoms with Gasteiger partial charge in [-0.25, -0.2) is 0 Å². The largest absolute Gasteiger partial charge is 0.380 e. The molecule has 1 saturated heterocycles. The zero-order chi connectivity index (χ0) is 14.4. The molecule has 0 aromatic carbocycles. The van der Waals surface area contributed by atoms with Crippen molar-refractivity contribution in [2.45, 2.75) is 39.5 Å². The summed E-state index contributed by atoms with van der Waals surface area (Å²) in [7, 11) is 1.81. The lowest BCUT2D eigenvalue weighted by molar-refractivity contribution is -0.00598. The molecule has 1 aliphatic rings. The number of piperidine rings is 1. The maximum Gasteiger partial charge on any atom is 0.0964 e. The molecule has 1 aromatic heterocycles. The molecule has 0 bridgehead atoms. The van der Waals surface area contributed by atoms with Gasteiger partial charge in [-0.15, -0.1) is 5.10 Å². The van der Waals surface area contributed by atoms with Crippen LogP contribution in [0.15, 0.2) is 6.20 Å². The average Bonchev–Trinajstić information content (AvgIpc) is 2.92. The standard InChI is InChI=1S/C14H27N5O/c1-4-15-9-13-10-19(17-16-13)8-7-18-6-5-12(2)14(11-18)20-3/h10,12,14-15H,4-9,11H2,1-3H3. The molecular formula is C14H27N5O. The third kappa shape index (κ3) is 4.26. The molecule has 0 amide bonds. The van der Waals surface area contributed by atoms with Gasteiger partial charge in [-0.3, -0.25) is 9.58 Å². The Morgan fingerprint density at radius 3 is 3.05 bits per heavy atom. The van der Waals surface area contributed by atoms with E-state index in [1.54, 1.807) is 0 Å². The summed E-state index contributed by atoms with van der Waals surface area (Å²) in [5.41, 5.74) is 1.01. The van der Waals surface area contributed by atoms with E-state index < -0.39 is 0 Å². The third-order valence-electron chi connectivity index (χ3n) is 4.06. The second-order valence-electron chi connectivity index (χ2n) is 5.59. The zero-order valence-corrected chi connectivity index (χ0v) is 12.9. The molecule has 20 heavy (non-hydrogen) atoms. The minimum Gasteiger partial charge on any atom is -0.380 e. The van der Waals surface area contributed by atoms with Crippen LogP contribution >= 0.6 is 0 Å². The van der Waals surface area contributed by atoms with E-state index in [2.05, 4.69) is 34.4 Å². The van der Waals surface area contributed by atoms with Crippen LogP contribution in [-0.4, -0.2) is 59.3 Å². The predicted molar refractivity (Wildman–Crippen MR) is 78.4 cm³/mol. The zero-order valence-electron chi connectivity index (χ0n) is 12.9. The summed E-state index contributed by atoms with van der Waals surface area (Å²) in [6, 6.07) is 0. The quantitative estimate of drug-likeness (QED) is 0.799. The van der Waals surface area contributed by atoms with Gasteiger partial charge in [0.05, 0.1) is 18.3 Å². The van der Waals surface area contributed by atoms with E-state index in [4.69, 9.17) is 4.74 Å². The first kappa shape index (κ1) is 15.4. The molecule has 1 aromatic rings. The molecule has 1 aliphatic heterocycles. The summed E-state index contributed by atoms with van der Waals surface area (Å²) in [6.45, 7) is 10.2. The lowest BCUT2D eigenvalue weighted by atomic mass is 9.96. The highest BCUT2D eigenvalue weighted by Crippen LogP contribution is 2.19. The molecule has 2 heterocycles. The van der Waals surface area contributed by atoms with Gasteiger partial charge < -0.3 is 10.1 Å². The molecule has 6 heteroatoms. The van der Waals surface area contributed by atoms with Crippen LogP contribution in [-0.2, 0) is 17.8 Å². The minimum absolute atomic E-state index is 0.365. The van der Waals surface area contributed by atoms with Crippen molar-refractivity contribution in [1.29, 1.82) is 0 Å². The topological polar surface area (TPSA) is 55.2 Å². The number of rotatable bonds is 7. The number of nitrogens with zero attached hydrogens (tertiary/aromatic N) is 4. The number of ether oxygens (including phenoxy) is 1. The molecule has 2 unspecified atom stereocenters. The van der Waals surface area contributed by atoms with Gasteiger partial charge in [0.2, 0.25) is 0 Å². The number of hydrogen-bond acceptors (Lipinski definition) is 5. The Hall–Kier alpha value is -0.980. The van der Waals surface area contributed by atoms with E-state index in [0.29, 0.717) is 12.0 Å². The summed E-state index contributed by atoms with van der Waals surface area (Å²) in [5, 5.41) is 11.6. The minimum atomic E-state index is 0.365. The number of methoxy groups -OCH3 is 1. The first-order valence-electron chi connectivity index (χ1n) is 7.57. The van der Waals surface area contributed by atoms with Gasteiger partial charge in [0.15, 0.2) is 0 Å². The molecule has 2 rings (SSSR count). The first-order chi connectivity index (χ1) is 9.72. The van der Waals surface area contributed by atoms with Crippen molar-refractivity contribution < 1.29 is 4.74 Å². The molecule has 1 fully saturated rings. The molecular weight excluding hydrogens is 254 g/mol. The number of hydrogen-bond donors (Lipinski definition) is 1. The highest BCUT2D eigenvalue weighted by molar-refractivity contribution is 4.91. The fraction of sp³-hybridized carbons (Fsp3) is 0.857. The SMILES string of the molecule is CCNCc1cn(CCN2CCC(C)C(OC)C2)nn1. The Bertz CT molecular complexity index is 395. The molecule has 0 spiro atoms. The first-order valence-corrected chi connectivity index (χ1v) is 7.57. The highest BCUT2D eigenvalue weighted by Gasteiger charge is 2.25. The van der Waals surface area contributed by atoms with Crippen molar-refractivity contribution in [3.05, 3.63) is 11.9 Å². The van der Waals surface area contributed by atoms with E-state index in [0.717, 1.165) is 45.0 Å². The number of nitrogens with one attached hydrogen (secondary N) is 1. The Labute approximate surface area is 121 Å². The van der Waals surface area contributed by atoms with Crippen molar-refractivity contribution in [3.8, 4) is 0 Å². The van der Waals surface area contributed by atoms with Crippen molar-refractivity contribution in [3.63, 3.8) is 0 Å². The van der Waals surface area contributed by atoms with Crippen LogP contribution in [0.4, 0.5) is 0 Å². The molecule has 2 atom stereocenters. The average molecular weight is 281 g/mol.